The van der Waals surface area contributed by atoms with Gasteiger partial charge in [-0.15, -0.1) is 5.10 Å². The van der Waals surface area contributed by atoms with Crippen LogP contribution >= 0.6 is 0 Å². The molecule has 0 saturated carbocycles. The van der Waals surface area contributed by atoms with Crippen molar-refractivity contribution in [3.8, 4) is 0 Å². The molecule has 2 atom stereocenters. The quantitative estimate of drug-likeness (QED) is 0.774. The summed E-state index contributed by atoms with van der Waals surface area (Å²) in [6, 6.07) is 0. The summed E-state index contributed by atoms with van der Waals surface area (Å²) >= 11 is 0. The van der Waals surface area contributed by atoms with E-state index < -0.39 is 0 Å². The zero-order valence-corrected chi connectivity index (χ0v) is 11.2. The highest BCUT2D eigenvalue weighted by molar-refractivity contribution is 4.90. The normalized spacial score (nSPS) is 27.2. The topological polar surface area (TPSA) is 58.4 Å². The van der Waals surface area contributed by atoms with Gasteiger partial charge in [0.25, 0.3) is 0 Å². The molecule has 0 bridgehead atoms. The van der Waals surface area contributed by atoms with E-state index in [9.17, 15) is 0 Å². The average Bonchev–Trinajstić information content (AvgIpc) is 3.12. The predicted octanol–water partition coefficient (Wildman–Crippen LogP) is 1.15. The molecular weight excluding hydrogens is 246 g/mol. The standard InChI is InChI=1S/C13H21N3O3/c1-3-12(18-5-1)8-16-7-11(14-15-16)9-17-10-13-4-2-6-19-13/h7,12-13H,1-6,8-10H2. The highest BCUT2D eigenvalue weighted by atomic mass is 16.5. The monoisotopic (exact) mass is 267 g/mol. The molecule has 2 aliphatic heterocycles. The Morgan fingerprint density at radius 2 is 2.00 bits per heavy atom. The van der Waals surface area contributed by atoms with Gasteiger partial charge in [-0.1, -0.05) is 5.21 Å². The fourth-order valence-electron chi connectivity index (χ4n) is 2.56. The molecule has 0 aliphatic carbocycles. The first-order valence-corrected chi connectivity index (χ1v) is 7.10. The van der Waals surface area contributed by atoms with E-state index in [1.807, 2.05) is 10.9 Å². The number of nitrogens with zero attached hydrogens (tertiary/aromatic N) is 3. The second-order valence-electron chi connectivity index (χ2n) is 5.22. The van der Waals surface area contributed by atoms with Gasteiger partial charge in [0.2, 0.25) is 0 Å². The molecule has 2 saturated heterocycles. The summed E-state index contributed by atoms with van der Waals surface area (Å²) in [6.07, 6.45) is 7.01. The summed E-state index contributed by atoms with van der Waals surface area (Å²) in [5.41, 5.74) is 0.871. The maximum absolute atomic E-state index is 5.61. The van der Waals surface area contributed by atoms with Crippen molar-refractivity contribution in [3.05, 3.63) is 11.9 Å². The van der Waals surface area contributed by atoms with Crippen molar-refractivity contribution in [1.29, 1.82) is 0 Å². The van der Waals surface area contributed by atoms with Gasteiger partial charge >= 0.3 is 0 Å². The highest BCUT2D eigenvalue weighted by Crippen LogP contribution is 2.14. The van der Waals surface area contributed by atoms with Gasteiger partial charge < -0.3 is 14.2 Å². The summed E-state index contributed by atoms with van der Waals surface area (Å²) in [6.45, 7) is 3.69. The van der Waals surface area contributed by atoms with Gasteiger partial charge in [-0.05, 0) is 25.7 Å². The largest absolute Gasteiger partial charge is 0.376 e. The molecule has 0 radical (unpaired) electrons. The molecule has 2 aliphatic rings. The van der Waals surface area contributed by atoms with Gasteiger partial charge in [0.1, 0.15) is 5.69 Å². The first-order valence-electron chi connectivity index (χ1n) is 7.10. The van der Waals surface area contributed by atoms with E-state index in [2.05, 4.69) is 10.3 Å². The SMILES string of the molecule is c1c(COCC2CCCO2)nnn1CC1CCCO1. The van der Waals surface area contributed by atoms with Crippen LogP contribution in [0.4, 0.5) is 0 Å². The van der Waals surface area contributed by atoms with E-state index in [-0.39, 0.29) is 6.10 Å². The lowest BCUT2D eigenvalue weighted by atomic mass is 10.2. The first-order chi connectivity index (χ1) is 9.40. The smallest absolute Gasteiger partial charge is 0.108 e. The molecule has 1 aromatic rings. The minimum atomic E-state index is 0.266. The Bertz CT molecular complexity index is 384. The Labute approximate surface area is 113 Å². The van der Waals surface area contributed by atoms with E-state index in [1.165, 1.54) is 0 Å². The maximum atomic E-state index is 5.61. The number of ether oxygens (including phenoxy) is 3. The maximum Gasteiger partial charge on any atom is 0.108 e. The molecule has 6 heteroatoms. The molecule has 106 valence electrons. The Balaban J connectivity index is 1.39. The van der Waals surface area contributed by atoms with Gasteiger partial charge in [-0.3, -0.25) is 0 Å². The lowest BCUT2D eigenvalue weighted by molar-refractivity contribution is 0.00962. The lowest BCUT2D eigenvalue weighted by Crippen LogP contribution is -2.15. The van der Waals surface area contributed by atoms with Crippen LogP contribution in [-0.2, 0) is 27.4 Å². The van der Waals surface area contributed by atoms with E-state index in [4.69, 9.17) is 14.2 Å². The molecule has 19 heavy (non-hydrogen) atoms. The molecule has 0 N–H and O–H groups in total. The number of rotatable bonds is 6. The summed E-state index contributed by atoms with van der Waals surface area (Å²) in [5.74, 6) is 0. The molecule has 0 aromatic carbocycles. The summed E-state index contributed by atoms with van der Waals surface area (Å²) in [7, 11) is 0. The predicted molar refractivity (Wildman–Crippen MR) is 67.6 cm³/mol. The lowest BCUT2D eigenvalue weighted by Gasteiger charge is -2.08. The Hall–Kier alpha value is -0.980. The van der Waals surface area contributed by atoms with E-state index in [0.717, 1.165) is 51.1 Å². The van der Waals surface area contributed by atoms with Crippen molar-refractivity contribution in [1.82, 2.24) is 15.0 Å². The molecule has 3 heterocycles. The summed E-state index contributed by atoms with van der Waals surface area (Å²) < 4.78 is 18.5. The zero-order chi connectivity index (χ0) is 12.9. The molecule has 0 amide bonds. The molecule has 3 rings (SSSR count). The van der Waals surface area contributed by atoms with Crippen LogP contribution in [-0.4, -0.2) is 47.0 Å². The third-order valence-electron chi connectivity index (χ3n) is 3.58. The van der Waals surface area contributed by atoms with Crippen LogP contribution in [0.15, 0.2) is 6.20 Å². The third-order valence-corrected chi connectivity index (χ3v) is 3.58. The van der Waals surface area contributed by atoms with Crippen molar-refractivity contribution in [3.63, 3.8) is 0 Å². The van der Waals surface area contributed by atoms with Crippen molar-refractivity contribution in [2.45, 2.75) is 51.0 Å². The van der Waals surface area contributed by atoms with Crippen LogP contribution in [0.2, 0.25) is 0 Å². The summed E-state index contributed by atoms with van der Waals surface area (Å²) in [5, 5.41) is 8.22. The minimum Gasteiger partial charge on any atom is -0.376 e. The van der Waals surface area contributed by atoms with Gasteiger partial charge in [-0.2, -0.15) is 0 Å². The van der Waals surface area contributed by atoms with E-state index >= 15 is 0 Å². The van der Waals surface area contributed by atoms with Crippen molar-refractivity contribution in [2.75, 3.05) is 19.8 Å². The molecule has 2 unspecified atom stereocenters. The molecule has 1 aromatic heterocycles. The summed E-state index contributed by atoms with van der Waals surface area (Å²) in [4.78, 5) is 0. The van der Waals surface area contributed by atoms with Gasteiger partial charge in [0.15, 0.2) is 0 Å². The number of hydrogen-bond acceptors (Lipinski definition) is 5. The van der Waals surface area contributed by atoms with E-state index in [1.54, 1.807) is 0 Å². The van der Waals surface area contributed by atoms with Crippen molar-refractivity contribution >= 4 is 0 Å². The Morgan fingerprint density at radius 1 is 1.21 bits per heavy atom. The zero-order valence-electron chi connectivity index (χ0n) is 11.2. The second-order valence-corrected chi connectivity index (χ2v) is 5.22. The molecule has 2 fully saturated rings. The fraction of sp³-hybridized carbons (Fsp3) is 0.846. The first kappa shape index (κ1) is 13.0. The van der Waals surface area contributed by atoms with Crippen LogP contribution < -0.4 is 0 Å². The highest BCUT2D eigenvalue weighted by Gasteiger charge is 2.17. The van der Waals surface area contributed by atoms with Crippen LogP contribution in [0.5, 0.6) is 0 Å². The fourth-order valence-corrected chi connectivity index (χ4v) is 2.56. The van der Waals surface area contributed by atoms with Crippen LogP contribution in [0.25, 0.3) is 0 Å². The van der Waals surface area contributed by atoms with Crippen molar-refractivity contribution in [2.24, 2.45) is 0 Å². The Kier molecular flexibility index (Phi) is 4.42. The average molecular weight is 267 g/mol. The van der Waals surface area contributed by atoms with Crippen LogP contribution in [0, 0.1) is 0 Å². The van der Waals surface area contributed by atoms with Gasteiger partial charge in [0, 0.05) is 13.2 Å². The van der Waals surface area contributed by atoms with Crippen LogP contribution in [0.1, 0.15) is 31.4 Å². The van der Waals surface area contributed by atoms with E-state index in [0.29, 0.717) is 19.3 Å². The Morgan fingerprint density at radius 3 is 2.74 bits per heavy atom. The van der Waals surface area contributed by atoms with Gasteiger partial charge in [-0.25, -0.2) is 4.68 Å². The van der Waals surface area contributed by atoms with Crippen LogP contribution in [0.3, 0.4) is 0 Å². The number of aromatic nitrogens is 3. The molecule has 6 nitrogen and oxygen atoms in total. The minimum absolute atomic E-state index is 0.266. The molecule has 0 spiro atoms. The molecular formula is C13H21N3O3. The van der Waals surface area contributed by atoms with Crippen molar-refractivity contribution < 1.29 is 14.2 Å². The number of hydrogen-bond donors (Lipinski definition) is 0. The second kappa shape index (κ2) is 6.45. The van der Waals surface area contributed by atoms with Gasteiger partial charge in [0.05, 0.1) is 38.2 Å². The third kappa shape index (κ3) is 3.75.